The van der Waals surface area contributed by atoms with Gasteiger partial charge < -0.3 is 20.7 Å². The minimum absolute atomic E-state index is 0.333. The lowest BCUT2D eigenvalue weighted by atomic mass is 10.1. The van der Waals surface area contributed by atoms with Crippen molar-refractivity contribution in [1.29, 1.82) is 0 Å². The van der Waals surface area contributed by atoms with Crippen LogP contribution in [0.15, 0.2) is 79.1 Å². The summed E-state index contributed by atoms with van der Waals surface area (Å²) in [5, 5.41) is 18.9. The van der Waals surface area contributed by atoms with E-state index in [4.69, 9.17) is 4.74 Å². The van der Waals surface area contributed by atoms with Crippen LogP contribution in [0.1, 0.15) is 5.56 Å². The standard InChI is InChI=1S/C23H21N5O2/c1-30-22-8-3-2-7-21(22)28-23(29)27-20-6-4-5-16(11-20)13-24-19-10-9-17-14-25-26-15-18(17)12-19/h2-12,14-15,24H,13H2,1H3,(H2,27,28,29). The molecule has 4 rings (SSSR count). The molecule has 1 aromatic heterocycles. The third-order valence-corrected chi connectivity index (χ3v) is 4.58. The topological polar surface area (TPSA) is 88.2 Å². The number of aromatic nitrogens is 2. The number of carbonyl (C=O) groups is 1. The molecule has 0 unspecified atom stereocenters. The molecule has 2 amide bonds. The van der Waals surface area contributed by atoms with Crippen molar-refractivity contribution in [1.82, 2.24) is 10.2 Å². The highest BCUT2D eigenvalue weighted by atomic mass is 16.5. The summed E-state index contributed by atoms with van der Waals surface area (Å²) in [6.45, 7) is 0.619. The zero-order valence-corrected chi connectivity index (χ0v) is 16.4. The number of carbonyl (C=O) groups excluding carboxylic acids is 1. The summed E-state index contributed by atoms with van der Waals surface area (Å²) in [6, 6.07) is 20.7. The average molecular weight is 399 g/mol. The van der Waals surface area contributed by atoms with Gasteiger partial charge in [-0.1, -0.05) is 30.3 Å². The minimum atomic E-state index is -0.333. The van der Waals surface area contributed by atoms with Crippen molar-refractivity contribution in [3.8, 4) is 5.75 Å². The largest absolute Gasteiger partial charge is 0.495 e. The highest BCUT2D eigenvalue weighted by Crippen LogP contribution is 2.23. The SMILES string of the molecule is COc1ccccc1NC(=O)Nc1cccc(CNc2ccc3cnncc3c2)c1. The van der Waals surface area contributed by atoms with E-state index in [0.29, 0.717) is 23.7 Å². The first kappa shape index (κ1) is 19.2. The molecule has 0 bridgehead atoms. The molecule has 0 fully saturated rings. The summed E-state index contributed by atoms with van der Waals surface area (Å²) >= 11 is 0. The first-order valence-corrected chi connectivity index (χ1v) is 9.45. The number of nitrogens with one attached hydrogen (secondary N) is 3. The Morgan fingerprint density at radius 1 is 0.867 bits per heavy atom. The van der Waals surface area contributed by atoms with Crippen molar-refractivity contribution in [3.63, 3.8) is 0 Å². The van der Waals surface area contributed by atoms with Gasteiger partial charge in [0.25, 0.3) is 0 Å². The smallest absolute Gasteiger partial charge is 0.323 e. The lowest BCUT2D eigenvalue weighted by Gasteiger charge is -2.12. The second-order valence-electron chi connectivity index (χ2n) is 6.67. The van der Waals surface area contributed by atoms with Gasteiger partial charge in [0, 0.05) is 28.7 Å². The fourth-order valence-electron chi connectivity index (χ4n) is 3.10. The van der Waals surface area contributed by atoms with Crippen LogP contribution in [0.3, 0.4) is 0 Å². The molecule has 0 spiro atoms. The van der Waals surface area contributed by atoms with Gasteiger partial charge in [-0.25, -0.2) is 4.79 Å². The number of methoxy groups -OCH3 is 1. The molecule has 0 atom stereocenters. The van der Waals surface area contributed by atoms with E-state index in [1.54, 1.807) is 31.6 Å². The number of para-hydroxylation sites is 2. The van der Waals surface area contributed by atoms with Gasteiger partial charge in [0.05, 0.1) is 25.2 Å². The Balaban J connectivity index is 1.39. The van der Waals surface area contributed by atoms with E-state index in [1.807, 2.05) is 54.6 Å². The van der Waals surface area contributed by atoms with E-state index in [9.17, 15) is 4.79 Å². The molecule has 0 aliphatic carbocycles. The van der Waals surface area contributed by atoms with Crippen LogP contribution in [0.5, 0.6) is 5.75 Å². The van der Waals surface area contributed by atoms with Crippen LogP contribution in [0.2, 0.25) is 0 Å². The van der Waals surface area contributed by atoms with E-state index in [0.717, 1.165) is 22.0 Å². The Bertz CT molecular complexity index is 1180. The molecule has 30 heavy (non-hydrogen) atoms. The lowest BCUT2D eigenvalue weighted by Crippen LogP contribution is -2.19. The van der Waals surface area contributed by atoms with Gasteiger partial charge in [-0.05, 0) is 42.0 Å². The predicted octanol–water partition coefficient (Wildman–Crippen LogP) is 4.89. The van der Waals surface area contributed by atoms with E-state index in [2.05, 4.69) is 26.1 Å². The van der Waals surface area contributed by atoms with Gasteiger partial charge in [0.15, 0.2) is 0 Å². The van der Waals surface area contributed by atoms with E-state index >= 15 is 0 Å². The fraction of sp³-hybridized carbons (Fsp3) is 0.0870. The maximum Gasteiger partial charge on any atom is 0.323 e. The van der Waals surface area contributed by atoms with Crippen LogP contribution >= 0.6 is 0 Å². The number of hydrogen-bond acceptors (Lipinski definition) is 5. The summed E-state index contributed by atoms with van der Waals surface area (Å²) < 4.78 is 5.26. The molecular formula is C23H21N5O2. The molecule has 0 radical (unpaired) electrons. The third-order valence-electron chi connectivity index (χ3n) is 4.58. The van der Waals surface area contributed by atoms with Crippen LogP contribution < -0.4 is 20.7 Å². The Morgan fingerprint density at radius 3 is 2.57 bits per heavy atom. The molecule has 0 saturated heterocycles. The van der Waals surface area contributed by atoms with Gasteiger partial charge in [-0.2, -0.15) is 10.2 Å². The number of urea groups is 1. The quantitative estimate of drug-likeness (QED) is 0.429. The van der Waals surface area contributed by atoms with Gasteiger partial charge in [0.2, 0.25) is 0 Å². The zero-order valence-electron chi connectivity index (χ0n) is 16.4. The van der Waals surface area contributed by atoms with Crippen LogP contribution in [0.25, 0.3) is 10.8 Å². The normalized spacial score (nSPS) is 10.4. The number of ether oxygens (including phenoxy) is 1. The number of anilines is 3. The molecule has 150 valence electrons. The van der Waals surface area contributed by atoms with E-state index in [1.165, 1.54) is 0 Å². The summed E-state index contributed by atoms with van der Waals surface area (Å²) in [6.07, 6.45) is 3.48. The Hall–Kier alpha value is -4.13. The molecule has 3 N–H and O–H groups in total. The summed E-state index contributed by atoms with van der Waals surface area (Å²) in [5.74, 6) is 0.604. The summed E-state index contributed by atoms with van der Waals surface area (Å²) in [7, 11) is 1.57. The Kier molecular flexibility index (Phi) is 5.70. The number of rotatable bonds is 6. The lowest BCUT2D eigenvalue weighted by molar-refractivity contribution is 0.262. The van der Waals surface area contributed by atoms with Crippen LogP contribution in [-0.4, -0.2) is 23.3 Å². The highest BCUT2D eigenvalue weighted by Gasteiger charge is 2.07. The molecule has 7 nitrogen and oxygen atoms in total. The first-order chi connectivity index (χ1) is 14.7. The molecule has 4 aromatic rings. The second-order valence-corrected chi connectivity index (χ2v) is 6.67. The third kappa shape index (κ3) is 4.64. The van der Waals surface area contributed by atoms with Crippen molar-refractivity contribution in [3.05, 3.63) is 84.7 Å². The maximum absolute atomic E-state index is 12.4. The van der Waals surface area contributed by atoms with Gasteiger partial charge in [-0.3, -0.25) is 0 Å². The van der Waals surface area contributed by atoms with Crippen molar-refractivity contribution < 1.29 is 9.53 Å². The van der Waals surface area contributed by atoms with E-state index < -0.39 is 0 Å². The van der Waals surface area contributed by atoms with Gasteiger partial charge >= 0.3 is 6.03 Å². The first-order valence-electron chi connectivity index (χ1n) is 9.45. The second kappa shape index (κ2) is 8.91. The fourth-order valence-corrected chi connectivity index (χ4v) is 3.10. The molecule has 0 saturated carbocycles. The van der Waals surface area contributed by atoms with Gasteiger partial charge in [-0.15, -0.1) is 0 Å². The van der Waals surface area contributed by atoms with Crippen molar-refractivity contribution in [2.24, 2.45) is 0 Å². The molecular weight excluding hydrogens is 378 g/mol. The van der Waals surface area contributed by atoms with Crippen LogP contribution in [-0.2, 0) is 6.54 Å². The molecule has 0 aliphatic rings. The van der Waals surface area contributed by atoms with Crippen LogP contribution in [0.4, 0.5) is 21.9 Å². The summed E-state index contributed by atoms with van der Waals surface area (Å²) in [5.41, 5.74) is 3.34. The average Bonchev–Trinajstić information content (AvgIpc) is 2.78. The Morgan fingerprint density at radius 2 is 1.70 bits per heavy atom. The van der Waals surface area contributed by atoms with E-state index in [-0.39, 0.29) is 6.03 Å². The maximum atomic E-state index is 12.4. The van der Waals surface area contributed by atoms with Crippen LogP contribution in [0, 0.1) is 0 Å². The zero-order chi connectivity index (χ0) is 20.8. The van der Waals surface area contributed by atoms with Crippen molar-refractivity contribution in [2.45, 2.75) is 6.54 Å². The molecule has 1 heterocycles. The highest BCUT2D eigenvalue weighted by molar-refractivity contribution is 6.00. The van der Waals surface area contributed by atoms with Crippen molar-refractivity contribution in [2.75, 3.05) is 23.1 Å². The minimum Gasteiger partial charge on any atom is -0.495 e. The number of benzene rings is 3. The summed E-state index contributed by atoms with van der Waals surface area (Å²) in [4.78, 5) is 12.4. The molecule has 3 aromatic carbocycles. The number of hydrogen-bond donors (Lipinski definition) is 3. The monoisotopic (exact) mass is 399 g/mol. The number of amides is 2. The molecule has 0 aliphatic heterocycles. The predicted molar refractivity (Wildman–Crippen MR) is 119 cm³/mol. The Labute approximate surface area is 174 Å². The van der Waals surface area contributed by atoms with Crippen molar-refractivity contribution >= 4 is 33.9 Å². The van der Waals surface area contributed by atoms with Gasteiger partial charge in [0.1, 0.15) is 5.75 Å². The number of fused-ring (bicyclic) bond motifs is 1. The number of nitrogens with zero attached hydrogens (tertiary/aromatic N) is 2. The molecule has 7 heteroatoms.